The fourth-order valence-corrected chi connectivity index (χ4v) is 9.79. The third-order valence-electron chi connectivity index (χ3n) is 12.7. The van der Waals surface area contributed by atoms with Crippen molar-refractivity contribution in [1.29, 1.82) is 0 Å². The van der Waals surface area contributed by atoms with Crippen LogP contribution in [0.1, 0.15) is 0 Å². The second-order valence-corrected chi connectivity index (χ2v) is 16.5. The molecule has 0 unspecified atom stereocenters. The fraction of sp³-hybridized carbons (Fsp3) is 0. The smallest absolute Gasteiger partial charge is 0.0547 e. The molecule has 64 heavy (non-hydrogen) atoms. The fourth-order valence-electron chi connectivity index (χ4n) is 9.79. The Morgan fingerprint density at radius 1 is 0.266 bits per heavy atom. The number of benzene rings is 11. The Kier molecular flexibility index (Phi) is 9.20. The molecule has 0 aliphatic carbocycles. The van der Waals surface area contributed by atoms with E-state index >= 15 is 0 Å². The van der Waals surface area contributed by atoms with Crippen LogP contribution in [0.4, 0.5) is 17.1 Å². The van der Waals surface area contributed by atoms with Gasteiger partial charge in [-0.1, -0.05) is 188 Å². The summed E-state index contributed by atoms with van der Waals surface area (Å²) in [6, 6.07) is 92.8. The predicted octanol–water partition coefficient (Wildman–Crippen LogP) is 17.2. The first-order valence-corrected chi connectivity index (χ1v) is 22.0. The molecule has 12 rings (SSSR count). The van der Waals surface area contributed by atoms with Gasteiger partial charge in [0.05, 0.1) is 11.0 Å². The van der Waals surface area contributed by atoms with E-state index in [1.54, 1.807) is 0 Å². The maximum absolute atomic E-state index is 2.43. The van der Waals surface area contributed by atoms with Gasteiger partial charge in [-0.3, -0.25) is 0 Å². The molecule has 0 radical (unpaired) electrons. The number of hydrogen-bond acceptors (Lipinski definition) is 1. The second kappa shape index (κ2) is 15.8. The zero-order valence-electron chi connectivity index (χ0n) is 35.1. The van der Waals surface area contributed by atoms with Gasteiger partial charge >= 0.3 is 0 Å². The maximum atomic E-state index is 2.43. The summed E-state index contributed by atoms with van der Waals surface area (Å²) >= 11 is 0. The van der Waals surface area contributed by atoms with E-state index in [0.717, 1.165) is 39.4 Å². The molecule has 0 N–H and O–H groups in total. The van der Waals surface area contributed by atoms with Crippen molar-refractivity contribution in [2.45, 2.75) is 0 Å². The number of aromatic nitrogens is 1. The molecule has 2 nitrogen and oxygen atoms in total. The molecule has 1 heterocycles. The molecule has 11 aromatic carbocycles. The van der Waals surface area contributed by atoms with Gasteiger partial charge < -0.3 is 9.47 Å². The number of hydrogen-bond donors (Lipinski definition) is 0. The minimum atomic E-state index is 1.08. The maximum Gasteiger partial charge on any atom is 0.0547 e. The van der Waals surface area contributed by atoms with E-state index in [4.69, 9.17) is 0 Å². The lowest BCUT2D eigenvalue weighted by Crippen LogP contribution is -2.10. The molecule has 0 aliphatic heterocycles. The summed E-state index contributed by atoms with van der Waals surface area (Å²) in [5.74, 6) is 0. The van der Waals surface area contributed by atoms with E-state index in [9.17, 15) is 0 Å². The molecule has 0 saturated carbocycles. The molecule has 0 aliphatic rings. The van der Waals surface area contributed by atoms with E-state index in [-0.39, 0.29) is 0 Å². The molecule has 0 saturated heterocycles. The third kappa shape index (κ3) is 6.52. The van der Waals surface area contributed by atoms with Crippen LogP contribution in [0.15, 0.2) is 255 Å². The predicted molar refractivity (Wildman–Crippen MR) is 272 cm³/mol. The normalized spacial score (nSPS) is 11.4. The largest absolute Gasteiger partial charge is 0.310 e. The Morgan fingerprint density at radius 2 is 0.797 bits per heavy atom. The van der Waals surface area contributed by atoms with E-state index in [2.05, 4.69) is 264 Å². The van der Waals surface area contributed by atoms with Gasteiger partial charge in [0.25, 0.3) is 0 Å². The average molecular weight is 815 g/mol. The Hall–Kier alpha value is -8.46. The van der Waals surface area contributed by atoms with Gasteiger partial charge in [-0.2, -0.15) is 0 Å². The topological polar surface area (TPSA) is 8.17 Å². The van der Waals surface area contributed by atoms with Gasteiger partial charge in [-0.25, -0.2) is 0 Å². The van der Waals surface area contributed by atoms with Crippen LogP contribution in [0.3, 0.4) is 0 Å². The van der Waals surface area contributed by atoms with Gasteiger partial charge in [-0.15, -0.1) is 0 Å². The first-order valence-electron chi connectivity index (χ1n) is 22.0. The molecule has 0 spiro atoms. The van der Waals surface area contributed by atoms with E-state index in [0.29, 0.717) is 0 Å². The van der Waals surface area contributed by atoms with E-state index < -0.39 is 0 Å². The molecule has 0 atom stereocenters. The summed E-state index contributed by atoms with van der Waals surface area (Å²) in [6.07, 6.45) is 0. The molecule has 0 amide bonds. The van der Waals surface area contributed by atoms with Crippen LogP contribution in [0, 0.1) is 0 Å². The summed E-state index contributed by atoms with van der Waals surface area (Å²) in [4.78, 5) is 2.43. The van der Waals surface area contributed by atoms with E-state index in [1.165, 1.54) is 71.2 Å². The van der Waals surface area contributed by atoms with Crippen LogP contribution >= 0.6 is 0 Å². The zero-order valence-corrected chi connectivity index (χ0v) is 35.1. The quantitative estimate of drug-likeness (QED) is 0.148. The zero-order chi connectivity index (χ0) is 42.4. The summed E-state index contributed by atoms with van der Waals surface area (Å²) < 4.78 is 2.43. The molecular weight excluding hydrogens is 773 g/mol. The van der Waals surface area contributed by atoms with E-state index in [1.807, 2.05) is 0 Å². The number of nitrogens with zero attached hydrogens (tertiary/aromatic N) is 2. The van der Waals surface area contributed by atoms with Crippen molar-refractivity contribution in [3.63, 3.8) is 0 Å². The van der Waals surface area contributed by atoms with Crippen molar-refractivity contribution in [3.8, 4) is 50.2 Å². The molecule has 0 fully saturated rings. The van der Waals surface area contributed by atoms with Gasteiger partial charge in [0.15, 0.2) is 0 Å². The van der Waals surface area contributed by atoms with Crippen molar-refractivity contribution >= 4 is 60.4 Å². The first kappa shape index (κ1) is 37.3. The standard InChI is InChI=1S/C62H42N2/c1-4-17-43(18-5-1)49-39-50(44-19-6-2-7-20-44)42-54(41-49)63(52-36-33-47(34-37-52)56-30-15-23-45-21-10-12-28-55(45)56)53-27-14-24-48(40-53)58-31-16-32-59-62(58)61-57-29-13-11-22-46(57)35-38-60(61)64(59)51-25-8-3-9-26-51/h1-42H. The van der Waals surface area contributed by atoms with Crippen molar-refractivity contribution in [1.82, 2.24) is 4.57 Å². The summed E-state index contributed by atoms with van der Waals surface area (Å²) in [7, 11) is 0. The summed E-state index contributed by atoms with van der Waals surface area (Å²) in [6.45, 7) is 0. The van der Waals surface area contributed by atoms with Gasteiger partial charge in [0, 0.05) is 33.5 Å². The molecule has 0 bridgehead atoms. The minimum absolute atomic E-state index is 1.08. The van der Waals surface area contributed by atoms with Crippen molar-refractivity contribution in [3.05, 3.63) is 255 Å². The Bertz CT molecular complexity index is 3580. The lowest BCUT2D eigenvalue weighted by Gasteiger charge is -2.28. The van der Waals surface area contributed by atoms with Crippen LogP contribution < -0.4 is 4.90 Å². The van der Waals surface area contributed by atoms with Crippen LogP contribution in [-0.2, 0) is 0 Å². The Balaban J connectivity index is 1.09. The Labute approximate surface area is 373 Å². The van der Waals surface area contributed by atoms with Gasteiger partial charge in [0.1, 0.15) is 0 Å². The molecule has 1 aromatic heterocycles. The first-order chi connectivity index (χ1) is 31.7. The highest BCUT2D eigenvalue weighted by Crippen LogP contribution is 2.45. The van der Waals surface area contributed by atoms with Crippen LogP contribution in [0.25, 0.3) is 93.5 Å². The molecular formula is C62H42N2. The Morgan fingerprint density at radius 3 is 1.52 bits per heavy atom. The number of rotatable bonds is 8. The van der Waals surface area contributed by atoms with Crippen molar-refractivity contribution in [2.75, 3.05) is 4.90 Å². The number of fused-ring (bicyclic) bond motifs is 6. The van der Waals surface area contributed by atoms with Crippen LogP contribution in [0.5, 0.6) is 0 Å². The monoisotopic (exact) mass is 814 g/mol. The molecule has 300 valence electrons. The highest BCUT2D eigenvalue weighted by Gasteiger charge is 2.21. The highest BCUT2D eigenvalue weighted by molar-refractivity contribution is 6.25. The second-order valence-electron chi connectivity index (χ2n) is 16.5. The number of para-hydroxylation sites is 1. The minimum Gasteiger partial charge on any atom is -0.310 e. The average Bonchev–Trinajstić information content (AvgIpc) is 3.72. The summed E-state index contributed by atoms with van der Waals surface area (Å²) in [5, 5.41) is 7.49. The lowest BCUT2D eigenvalue weighted by atomic mass is 9.95. The van der Waals surface area contributed by atoms with Gasteiger partial charge in [0.2, 0.25) is 0 Å². The lowest BCUT2D eigenvalue weighted by molar-refractivity contribution is 1.18. The van der Waals surface area contributed by atoms with Crippen LogP contribution in [0.2, 0.25) is 0 Å². The van der Waals surface area contributed by atoms with Crippen LogP contribution in [-0.4, -0.2) is 4.57 Å². The molecule has 2 heteroatoms. The molecule has 12 aromatic rings. The number of anilines is 3. The van der Waals surface area contributed by atoms with Gasteiger partial charge in [-0.05, 0) is 133 Å². The highest BCUT2D eigenvalue weighted by atomic mass is 15.1. The third-order valence-corrected chi connectivity index (χ3v) is 12.7. The SMILES string of the molecule is c1ccc(-c2cc(-c3ccccc3)cc(N(c3ccc(-c4cccc5ccccc45)cc3)c3cccc(-c4cccc5c4c4c6ccccc6ccc4n5-c4ccccc4)c3)c2)cc1. The van der Waals surface area contributed by atoms with Crippen molar-refractivity contribution < 1.29 is 0 Å². The summed E-state index contributed by atoms with van der Waals surface area (Å²) in [5.41, 5.74) is 16.2. The van der Waals surface area contributed by atoms with Crippen molar-refractivity contribution in [2.24, 2.45) is 0 Å².